The molecule has 9 nitrogen and oxygen atoms in total. The van der Waals surface area contributed by atoms with E-state index in [9.17, 15) is 40.7 Å². The molecule has 3 N–H and O–H groups in total. The molecule has 3 aromatic rings. The second-order valence-corrected chi connectivity index (χ2v) is 10.3. The minimum Gasteiger partial charge on any atom is -0.457 e. The maximum Gasteiger partial charge on any atom is 0.416 e. The molecule has 1 aliphatic rings. The van der Waals surface area contributed by atoms with Crippen molar-refractivity contribution in [3.63, 3.8) is 0 Å². The van der Waals surface area contributed by atoms with E-state index in [1.807, 2.05) is 0 Å². The SMILES string of the molecule is CC(C(=O)NO)N1CCC(CC(=O)Nc2nccs2)(c2ccc(Oc3cc(C(F)(F)F)cc(C(F)(F)F)c3)cc2)C1=O. The first-order valence-corrected chi connectivity index (χ1v) is 13.0. The molecular formula is C26H22F6N4O5S. The van der Waals surface area contributed by atoms with Gasteiger partial charge in [0, 0.05) is 24.5 Å². The number of nitrogens with zero attached hydrogens (tertiary/aromatic N) is 2. The molecule has 3 amide bonds. The van der Waals surface area contributed by atoms with E-state index in [2.05, 4.69) is 10.3 Å². The summed E-state index contributed by atoms with van der Waals surface area (Å²) >= 11 is 1.15. The summed E-state index contributed by atoms with van der Waals surface area (Å²) in [7, 11) is 0. The Hall–Kier alpha value is -4.18. The van der Waals surface area contributed by atoms with Crippen LogP contribution in [0.5, 0.6) is 11.5 Å². The van der Waals surface area contributed by atoms with Crippen molar-refractivity contribution < 1.29 is 50.7 Å². The number of aromatic nitrogens is 1. The molecule has 42 heavy (non-hydrogen) atoms. The van der Waals surface area contributed by atoms with E-state index in [1.165, 1.54) is 47.8 Å². The van der Waals surface area contributed by atoms with Crippen LogP contribution in [0.2, 0.25) is 0 Å². The average Bonchev–Trinajstić information content (AvgIpc) is 3.55. The van der Waals surface area contributed by atoms with Gasteiger partial charge in [-0.3, -0.25) is 19.6 Å². The Morgan fingerprint density at radius 2 is 1.69 bits per heavy atom. The fourth-order valence-electron chi connectivity index (χ4n) is 4.62. The second-order valence-electron chi connectivity index (χ2n) is 9.41. The monoisotopic (exact) mass is 616 g/mol. The number of alkyl halides is 6. The molecule has 224 valence electrons. The average molecular weight is 617 g/mol. The summed E-state index contributed by atoms with van der Waals surface area (Å²) in [5, 5.41) is 13.5. The lowest BCUT2D eigenvalue weighted by molar-refractivity contribution is -0.144. The number of thiazole rings is 1. The maximum atomic E-state index is 13.7. The first-order chi connectivity index (χ1) is 19.6. The van der Waals surface area contributed by atoms with Crippen LogP contribution in [-0.2, 0) is 32.2 Å². The number of rotatable bonds is 8. The number of halogens is 6. The maximum absolute atomic E-state index is 13.7. The molecular weight excluding hydrogens is 594 g/mol. The Labute approximate surface area is 238 Å². The zero-order valence-corrected chi connectivity index (χ0v) is 22.4. The van der Waals surface area contributed by atoms with Gasteiger partial charge in [-0.25, -0.2) is 10.5 Å². The molecule has 2 aromatic carbocycles. The number of hydroxylamine groups is 1. The molecule has 1 fully saturated rings. The topological polar surface area (TPSA) is 121 Å². The summed E-state index contributed by atoms with van der Waals surface area (Å²) in [5.41, 5.74) is -2.83. The summed E-state index contributed by atoms with van der Waals surface area (Å²) < 4.78 is 84.7. The Kier molecular flexibility index (Phi) is 8.50. The largest absolute Gasteiger partial charge is 0.457 e. The Balaban J connectivity index is 1.65. The highest BCUT2D eigenvalue weighted by molar-refractivity contribution is 7.13. The number of likely N-dealkylation sites (tertiary alicyclic amines) is 1. The van der Waals surface area contributed by atoms with Gasteiger partial charge in [0.1, 0.15) is 17.5 Å². The highest BCUT2D eigenvalue weighted by Crippen LogP contribution is 2.42. The van der Waals surface area contributed by atoms with Gasteiger partial charge in [-0.2, -0.15) is 26.3 Å². The summed E-state index contributed by atoms with van der Waals surface area (Å²) in [6.07, 6.45) is -8.96. The molecule has 16 heteroatoms. The van der Waals surface area contributed by atoms with Gasteiger partial charge < -0.3 is 15.0 Å². The molecule has 0 radical (unpaired) electrons. The van der Waals surface area contributed by atoms with Crippen molar-refractivity contribution >= 4 is 34.2 Å². The van der Waals surface area contributed by atoms with E-state index >= 15 is 0 Å². The standard InChI is InChI=1S/C26H22F6N4O5S/c1-14(21(38)35-40)36-8-6-24(22(36)39,13-20(37)34-23-33-7-9-42-23)15-2-4-18(5-3-15)41-19-11-16(25(27,28)29)10-17(12-19)26(30,31)32/h2-5,7,9-12,14,40H,6,8,13H2,1H3,(H,35,38)(H,33,34,37). The number of hydrogen-bond donors (Lipinski definition) is 3. The Morgan fingerprint density at radius 3 is 2.21 bits per heavy atom. The number of benzene rings is 2. The Bertz CT molecular complexity index is 1430. The summed E-state index contributed by atoms with van der Waals surface area (Å²) in [4.78, 5) is 43.8. The van der Waals surface area contributed by atoms with E-state index in [-0.39, 0.29) is 41.9 Å². The lowest BCUT2D eigenvalue weighted by atomic mass is 9.76. The van der Waals surface area contributed by atoms with Gasteiger partial charge in [0.25, 0.3) is 5.91 Å². The molecule has 2 unspecified atom stereocenters. The van der Waals surface area contributed by atoms with Crippen LogP contribution in [0.3, 0.4) is 0 Å². The van der Waals surface area contributed by atoms with Gasteiger partial charge in [-0.05, 0) is 49.2 Å². The van der Waals surface area contributed by atoms with Gasteiger partial charge in [0.2, 0.25) is 11.8 Å². The van der Waals surface area contributed by atoms with Gasteiger partial charge >= 0.3 is 12.4 Å². The quantitative estimate of drug-likeness (QED) is 0.178. The van der Waals surface area contributed by atoms with Crippen molar-refractivity contribution in [2.24, 2.45) is 0 Å². The normalized spacial score (nSPS) is 18.1. The van der Waals surface area contributed by atoms with E-state index in [0.717, 1.165) is 11.3 Å². The van der Waals surface area contributed by atoms with Crippen LogP contribution in [0.25, 0.3) is 0 Å². The third-order valence-corrected chi connectivity index (χ3v) is 7.44. The van der Waals surface area contributed by atoms with Crippen LogP contribution in [-0.4, -0.2) is 45.4 Å². The lowest BCUT2D eigenvalue weighted by Gasteiger charge is -2.30. The van der Waals surface area contributed by atoms with Crippen molar-refractivity contribution in [1.29, 1.82) is 0 Å². The highest BCUT2D eigenvalue weighted by Gasteiger charge is 2.51. The van der Waals surface area contributed by atoms with Crippen LogP contribution in [0.4, 0.5) is 31.5 Å². The van der Waals surface area contributed by atoms with Gasteiger partial charge in [0.05, 0.1) is 16.5 Å². The van der Waals surface area contributed by atoms with E-state index in [4.69, 9.17) is 9.94 Å². The molecule has 2 atom stereocenters. The third kappa shape index (κ3) is 6.49. The predicted octanol–water partition coefficient (Wildman–Crippen LogP) is 5.37. The van der Waals surface area contributed by atoms with Crippen LogP contribution in [0.15, 0.2) is 54.0 Å². The van der Waals surface area contributed by atoms with Crippen molar-refractivity contribution in [3.8, 4) is 11.5 Å². The summed E-state index contributed by atoms with van der Waals surface area (Å²) in [5.74, 6) is -2.87. The van der Waals surface area contributed by atoms with Crippen molar-refractivity contribution in [3.05, 3.63) is 70.7 Å². The summed E-state index contributed by atoms with van der Waals surface area (Å²) in [6.45, 7) is 1.43. The number of amides is 3. The molecule has 0 saturated carbocycles. The third-order valence-electron chi connectivity index (χ3n) is 6.75. The first-order valence-electron chi connectivity index (χ1n) is 12.2. The predicted molar refractivity (Wildman–Crippen MR) is 136 cm³/mol. The number of anilines is 1. The number of carbonyl (C=O) groups is 3. The molecule has 1 saturated heterocycles. The molecule has 4 rings (SSSR count). The van der Waals surface area contributed by atoms with Crippen LogP contribution >= 0.6 is 11.3 Å². The number of hydrogen-bond acceptors (Lipinski definition) is 7. The van der Waals surface area contributed by atoms with Crippen LogP contribution in [0.1, 0.15) is 36.5 Å². The molecule has 0 bridgehead atoms. The molecule has 1 aliphatic heterocycles. The van der Waals surface area contributed by atoms with Gasteiger partial charge in [-0.1, -0.05) is 12.1 Å². The molecule has 1 aromatic heterocycles. The zero-order chi connectivity index (χ0) is 30.9. The highest BCUT2D eigenvalue weighted by atomic mass is 32.1. The smallest absolute Gasteiger partial charge is 0.416 e. The Morgan fingerprint density at radius 1 is 1.07 bits per heavy atom. The first kappa shape index (κ1) is 30.8. The minimum absolute atomic E-state index is 0.0218. The fraction of sp³-hybridized carbons (Fsp3) is 0.308. The van der Waals surface area contributed by atoms with Gasteiger partial charge in [-0.15, -0.1) is 11.3 Å². The van der Waals surface area contributed by atoms with Crippen molar-refractivity contribution in [2.45, 2.75) is 43.6 Å². The van der Waals surface area contributed by atoms with E-state index in [0.29, 0.717) is 12.1 Å². The van der Waals surface area contributed by atoms with Gasteiger partial charge in [0.15, 0.2) is 5.13 Å². The number of ether oxygens (including phenoxy) is 1. The number of carbonyl (C=O) groups excluding carboxylic acids is 3. The molecule has 0 aliphatic carbocycles. The minimum atomic E-state index is -5.06. The summed E-state index contributed by atoms with van der Waals surface area (Å²) in [6, 6.07) is 4.96. The van der Waals surface area contributed by atoms with E-state index in [1.54, 1.807) is 5.38 Å². The zero-order valence-electron chi connectivity index (χ0n) is 21.5. The van der Waals surface area contributed by atoms with E-state index < -0.39 is 58.4 Å². The van der Waals surface area contributed by atoms with Crippen molar-refractivity contribution in [1.82, 2.24) is 15.4 Å². The fourth-order valence-corrected chi connectivity index (χ4v) is 5.16. The van der Waals surface area contributed by atoms with Crippen molar-refractivity contribution in [2.75, 3.05) is 11.9 Å². The molecule has 2 heterocycles. The van der Waals surface area contributed by atoms with Crippen LogP contribution in [0, 0.1) is 0 Å². The van der Waals surface area contributed by atoms with Crippen LogP contribution < -0.4 is 15.5 Å². The molecule has 0 spiro atoms. The number of nitrogens with one attached hydrogen (secondary N) is 2. The second kappa shape index (κ2) is 11.6. The lowest BCUT2D eigenvalue weighted by Crippen LogP contribution is -2.48.